The van der Waals surface area contributed by atoms with Gasteiger partial charge in [0.25, 0.3) is 5.91 Å². The maximum Gasteiger partial charge on any atom is 0.255 e. The molecular weight excluding hydrogens is 276 g/mol. The van der Waals surface area contributed by atoms with Crippen LogP contribution in [0.3, 0.4) is 0 Å². The van der Waals surface area contributed by atoms with Crippen LogP contribution in [0.5, 0.6) is 0 Å². The van der Waals surface area contributed by atoms with Gasteiger partial charge in [-0.3, -0.25) is 4.79 Å². The average molecular weight is 294 g/mol. The summed E-state index contributed by atoms with van der Waals surface area (Å²) in [6, 6.07) is 11.7. The zero-order valence-corrected chi connectivity index (χ0v) is 12.4. The number of nitrogens with zero attached hydrogens (tertiary/aromatic N) is 1. The fourth-order valence-corrected chi connectivity index (χ4v) is 2.53. The molecular formula is C17H18N4O. The molecule has 3 aromatic rings. The van der Waals surface area contributed by atoms with Gasteiger partial charge in [-0.1, -0.05) is 18.2 Å². The van der Waals surface area contributed by atoms with E-state index in [2.05, 4.69) is 26.7 Å². The summed E-state index contributed by atoms with van der Waals surface area (Å²) in [7, 11) is 1.76. The monoisotopic (exact) mass is 294 g/mol. The van der Waals surface area contributed by atoms with Crippen molar-refractivity contribution in [1.29, 1.82) is 0 Å². The highest BCUT2D eigenvalue weighted by molar-refractivity contribution is 5.98. The highest BCUT2D eigenvalue weighted by Crippen LogP contribution is 2.17. The van der Waals surface area contributed by atoms with Gasteiger partial charge < -0.3 is 15.6 Å². The second-order valence-electron chi connectivity index (χ2n) is 5.01. The first-order valence-electron chi connectivity index (χ1n) is 7.25. The van der Waals surface area contributed by atoms with E-state index >= 15 is 0 Å². The maximum atomic E-state index is 12.2. The highest BCUT2D eigenvalue weighted by Gasteiger charge is 2.11. The minimum absolute atomic E-state index is 0.114. The summed E-state index contributed by atoms with van der Waals surface area (Å²) in [5.74, 6) is 0.476. The first kappa shape index (κ1) is 14.1. The Morgan fingerprint density at radius 3 is 2.95 bits per heavy atom. The highest BCUT2D eigenvalue weighted by atomic mass is 16.1. The molecule has 0 saturated heterocycles. The molecule has 0 radical (unpaired) electrons. The van der Waals surface area contributed by atoms with Gasteiger partial charge in [0.05, 0.1) is 5.56 Å². The molecule has 0 spiro atoms. The number of nitrogens with one attached hydrogen (secondary N) is 3. The van der Waals surface area contributed by atoms with Crippen LogP contribution in [-0.2, 0) is 6.42 Å². The zero-order valence-electron chi connectivity index (χ0n) is 12.4. The van der Waals surface area contributed by atoms with E-state index in [0.29, 0.717) is 17.9 Å². The van der Waals surface area contributed by atoms with Crippen molar-refractivity contribution >= 4 is 22.6 Å². The fourth-order valence-electron chi connectivity index (χ4n) is 2.53. The smallest absolute Gasteiger partial charge is 0.255 e. The van der Waals surface area contributed by atoms with Crippen LogP contribution < -0.4 is 10.6 Å². The van der Waals surface area contributed by atoms with Gasteiger partial charge >= 0.3 is 0 Å². The Bertz CT molecular complexity index is 794. The summed E-state index contributed by atoms with van der Waals surface area (Å²) < 4.78 is 0. The summed E-state index contributed by atoms with van der Waals surface area (Å²) in [6.07, 6.45) is 4.44. The molecule has 1 aromatic carbocycles. The number of para-hydroxylation sites is 1. The van der Waals surface area contributed by atoms with Crippen molar-refractivity contribution < 1.29 is 4.79 Å². The molecule has 2 aromatic heterocycles. The summed E-state index contributed by atoms with van der Waals surface area (Å²) in [5.41, 5.74) is 2.88. The normalized spacial score (nSPS) is 10.6. The quantitative estimate of drug-likeness (QED) is 0.677. The average Bonchev–Trinajstić information content (AvgIpc) is 2.98. The zero-order chi connectivity index (χ0) is 15.4. The van der Waals surface area contributed by atoms with Crippen molar-refractivity contribution in [3.8, 4) is 0 Å². The number of aromatic nitrogens is 2. The van der Waals surface area contributed by atoms with E-state index in [1.807, 2.05) is 24.4 Å². The molecule has 22 heavy (non-hydrogen) atoms. The third-order valence-corrected chi connectivity index (χ3v) is 3.64. The lowest BCUT2D eigenvalue weighted by Gasteiger charge is -2.08. The second kappa shape index (κ2) is 6.30. The minimum atomic E-state index is -0.114. The third kappa shape index (κ3) is 2.79. The number of carbonyl (C=O) groups excluding carboxylic acids is 1. The van der Waals surface area contributed by atoms with Gasteiger partial charge in [0.2, 0.25) is 0 Å². The third-order valence-electron chi connectivity index (χ3n) is 3.64. The number of hydrogen-bond acceptors (Lipinski definition) is 3. The molecule has 5 nitrogen and oxygen atoms in total. The lowest BCUT2D eigenvalue weighted by molar-refractivity contribution is 0.0954. The van der Waals surface area contributed by atoms with Crippen LogP contribution in [0.2, 0.25) is 0 Å². The van der Waals surface area contributed by atoms with Gasteiger partial charge in [0.1, 0.15) is 5.82 Å². The molecule has 112 valence electrons. The van der Waals surface area contributed by atoms with Gasteiger partial charge in [0, 0.05) is 36.9 Å². The van der Waals surface area contributed by atoms with Crippen molar-refractivity contribution in [2.45, 2.75) is 6.42 Å². The molecule has 0 unspecified atom stereocenters. The number of rotatable bonds is 5. The number of carbonyl (C=O) groups is 1. The van der Waals surface area contributed by atoms with Gasteiger partial charge in [-0.2, -0.15) is 0 Å². The number of aromatic amines is 1. The van der Waals surface area contributed by atoms with E-state index in [1.165, 1.54) is 10.9 Å². The molecule has 2 heterocycles. The molecule has 0 aliphatic rings. The van der Waals surface area contributed by atoms with E-state index in [1.54, 1.807) is 25.4 Å². The van der Waals surface area contributed by atoms with E-state index in [4.69, 9.17) is 0 Å². The van der Waals surface area contributed by atoms with E-state index in [-0.39, 0.29) is 5.91 Å². The van der Waals surface area contributed by atoms with E-state index in [0.717, 1.165) is 11.9 Å². The topological polar surface area (TPSA) is 69.8 Å². The summed E-state index contributed by atoms with van der Waals surface area (Å²) in [4.78, 5) is 19.6. The summed E-state index contributed by atoms with van der Waals surface area (Å²) in [5, 5.41) is 7.07. The van der Waals surface area contributed by atoms with Crippen LogP contribution in [0.15, 0.2) is 48.8 Å². The van der Waals surface area contributed by atoms with Crippen molar-refractivity contribution in [1.82, 2.24) is 15.3 Å². The van der Waals surface area contributed by atoms with Gasteiger partial charge in [-0.05, 0) is 30.2 Å². The molecule has 5 heteroatoms. The number of anilines is 1. The Labute approximate surface area is 128 Å². The molecule has 0 aliphatic heterocycles. The number of pyridine rings is 1. The van der Waals surface area contributed by atoms with Crippen LogP contribution in [-0.4, -0.2) is 29.5 Å². The molecule has 0 atom stereocenters. The molecule has 0 fully saturated rings. The van der Waals surface area contributed by atoms with Gasteiger partial charge in [0.15, 0.2) is 0 Å². The SMILES string of the molecule is CNc1ncccc1C(=O)NCCc1c[nH]c2ccccc12. The standard InChI is InChI=1S/C17H18N4O/c1-18-16-14(6-4-9-19-16)17(22)20-10-8-12-11-21-15-7-3-2-5-13(12)15/h2-7,9,11,21H,8,10H2,1H3,(H,18,19)(H,20,22). The van der Waals surface area contributed by atoms with Crippen molar-refractivity contribution in [3.63, 3.8) is 0 Å². The van der Waals surface area contributed by atoms with E-state index in [9.17, 15) is 4.79 Å². The maximum absolute atomic E-state index is 12.2. The number of H-pyrrole nitrogens is 1. The predicted molar refractivity (Wildman–Crippen MR) is 88.1 cm³/mol. The Hall–Kier alpha value is -2.82. The molecule has 3 rings (SSSR count). The number of hydrogen-bond donors (Lipinski definition) is 3. The Morgan fingerprint density at radius 2 is 2.09 bits per heavy atom. The second-order valence-corrected chi connectivity index (χ2v) is 5.01. The lowest BCUT2D eigenvalue weighted by atomic mass is 10.1. The molecule has 1 amide bonds. The van der Waals surface area contributed by atoms with Crippen LogP contribution in [0.4, 0.5) is 5.82 Å². The molecule has 3 N–H and O–H groups in total. The van der Waals surface area contributed by atoms with Crippen molar-refractivity contribution in [3.05, 3.63) is 59.9 Å². The molecule has 0 aliphatic carbocycles. The Balaban J connectivity index is 1.64. The van der Waals surface area contributed by atoms with Crippen LogP contribution in [0.25, 0.3) is 10.9 Å². The van der Waals surface area contributed by atoms with E-state index < -0.39 is 0 Å². The van der Waals surface area contributed by atoms with Gasteiger partial charge in [-0.15, -0.1) is 0 Å². The number of fused-ring (bicyclic) bond motifs is 1. The number of amides is 1. The number of benzene rings is 1. The first-order chi connectivity index (χ1) is 10.8. The summed E-state index contributed by atoms with van der Waals surface area (Å²) >= 11 is 0. The largest absolute Gasteiger partial charge is 0.372 e. The first-order valence-corrected chi connectivity index (χ1v) is 7.25. The van der Waals surface area contributed by atoms with Crippen LogP contribution >= 0.6 is 0 Å². The van der Waals surface area contributed by atoms with Crippen LogP contribution in [0, 0.1) is 0 Å². The van der Waals surface area contributed by atoms with Crippen LogP contribution in [0.1, 0.15) is 15.9 Å². The Morgan fingerprint density at radius 1 is 1.23 bits per heavy atom. The fraction of sp³-hybridized carbons (Fsp3) is 0.176. The van der Waals surface area contributed by atoms with Crippen molar-refractivity contribution in [2.75, 3.05) is 18.9 Å². The predicted octanol–water partition coefficient (Wildman–Crippen LogP) is 2.58. The minimum Gasteiger partial charge on any atom is -0.372 e. The summed E-state index contributed by atoms with van der Waals surface area (Å²) in [6.45, 7) is 0.582. The molecule has 0 saturated carbocycles. The van der Waals surface area contributed by atoms with Crippen molar-refractivity contribution in [2.24, 2.45) is 0 Å². The molecule has 0 bridgehead atoms. The lowest BCUT2D eigenvalue weighted by Crippen LogP contribution is -2.26. The van der Waals surface area contributed by atoms with Gasteiger partial charge in [-0.25, -0.2) is 4.98 Å². The Kier molecular flexibility index (Phi) is 4.05.